The summed E-state index contributed by atoms with van der Waals surface area (Å²) in [6.07, 6.45) is 1.37. The van der Waals surface area contributed by atoms with Crippen molar-refractivity contribution in [2.24, 2.45) is 0 Å². The molecule has 0 saturated carbocycles. The van der Waals surface area contributed by atoms with Gasteiger partial charge in [0.1, 0.15) is 5.82 Å². The number of amides is 1. The fraction of sp³-hybridized carbons (Fsp3) is 0. The lowest BCUT2D eigenvalue weighted by atomic mass is 10.2. The van der Waals surface area contributed by atoms with E-state index in [9.17, 15) is 9.18 Å². The average Bonchev–Trinajstić information content (AvgIpc) is 2.68. The Morgan fingerprint density at radius 2 is 2.29 bits per heavy atom. The van der Waals surface area contributed by atoms with Crippen molar-refractivity contribution in [1.82, 2.24) is 10.2 Å². The van der Waals surface area contributed by atoms with E-state index < -0.39 is 11.7 Å². The molecular weight excluding hydrogens is 291 g/mol. The molecule has 0 aliphatic rings. The van der Waals surface area contributed by atoms with Crippen molar-refractivity contribution in [2.45, 2.75) is 0 Å². The van der Waals surface area contributed by atoms with Gasteiger partial charge < -0.3 is 11.1 Å². The second-order valence-electron chi connectivity index (χ2n) is 3.28. The van der Waals surface area contributed by atoms with Crippen LogP contribution in [0, 0.1) is 5.82 Å². The van der Waals surface area contributed by atoms with Crippen LogP contribution in [0.4, 0.5) is 15.9 Å². The number of nitrogens with one attached hydrogen (secondary N) is 2. The summed E-state index contributed by atoms with van der Waals surface area (Å²) >= 11 is 3.17. The molecule has 1 heterocycles. The molecule has 0 aliphatic heterocycles. The molecule has 7 heteroatoms. The minimum atomic E-state index is -0.490. The van der Waals surface area contributed by atoms with Crippen LogP contribution in [0.5, 0.6) is 0 Å². The second-order valence-corrected chi connectivity index (χ2v) is 4.13. The molecule has 5 nitrogen and oxygen atoms in total. The summed E-state index contributed by atoms with van der Waals surface area (Å²) in [5.41, 5.74) is 6.03. The topological polar surface area (TPSA) is 83.8 Å². The van der Waals surface area contributed by atoms with Gasteiger partial charge in [-0.2, -0.15) is 5.10 Å². The van der Waals surface area contributed by atoms with Gasteiger partial charge in [0.2, 0.25) is 0 Å². The number of carbonyl (C=O) groups excluding carboxylic acids is 1. The van der Waals surface area contributed by atoms with Crippen molar-refractivity contribution in [3.8, 4) is 0 Å². The van der Waals surface area contributed by atoms with Gasteiger partial charge in [-0.15, -0.1) is 0 Å². The van der Waals surface area contributed by atoms with E-state index >= 15 is 0 Å². The third-order valence-electron chi connectivity index (χ3n) is 2.08. The summed E-state index contributed by atoms with van der Waals surface area (Å²) in [5, 5.41) is 8.68. The zero-order valence-corrected chi connectivity index (χ0v) is 10.1. The van der Waals surface area contributed by atoms with Crippen LogP contribution in [0.15, 0.2) is 28.9 Å². The summed E-state index contributed by atoms with van der Waals surface area (Å²) in [6, 6.07) is 3.85. The van der Waals surface area contributed by atoms with E-state index in [4.69, 9.17) is 5.73 Å². The lowest BCUT2D eigenvalue weighted by Gasteiger charge is -2.05. The maximum absolute atomic E-state index is 13.0. The summed E-state index contributed by atoms with van der Waals surface area (Å²) in [7, 11) is 0. The van der Waals surface area contributed by atoms with Gasteiger partial charge in [0.15, 0.2) is 5.82 Å². The largest absolute Gasteiger partial charge is 0.394 e. The van der Waals surface area contributed by atoms with Crippen LogP contribution in [-0.4, -0.2) is 16.1 Å². The lowest BCUT2D eigenvalue weighted by Crippen LogP contribution is -2.14. The van der Waals surface area contributed by atoms with Crippen molar-refractivity contribution < 1.29 is 9.18 Å². The quantitative estimate of drug-likeness (QED) is 0.794. The van der Waals surface area contributed by atoms with Gasteiger partial charge in [0, 0.05) is 4.47 Å². The van der Waals surface area contributed by atoms with Crippen LogP contribution >= 0.6 is 15.9 Å². The first-order chi connectivity index (χ1) is 8.08. The van der Waals surface area contributed by atoms with Gasteiger partial charge in [0.05, 0.1) is 17.4 Å². The van der Waals surface area contributed by atoms with Gasteiger partial charge >= 0.3 is 0 Å². The van der Waals surface area contributed by atoms with Gasteiger partial charge in [0.25, 0.3) is 5.91 Å². The van der Waals surface area contributed by atoms with Crippen molar-refractivity contribution in [3.63, 3.8) is 0 Å². The molecule has 1 aromatic heterocycles. The maximum atomic E-state index is 13.0. The predicted octanol–water partition coefficient (Wildman–Crippen LogP) is 2.15. The number of nitrogen functional groups attached to an aromatic ring is 1. The Balaban J connectivity index is 2.26. The molecule has 0 radical (unpaired) electrons. The van der Waals surface area contributed by atoms with Crippen molar-refractivity contribution >= 4 is 33.3 Å². The van der Waals surface area contributed by atoms with E-state index in [1.807, 2.05) is 0 Å². The van der Waals surface area contributed by atoms with E-state index in [0.717, 1.165) is 6.07 Å². The summed E-state index contributed by atoms with van der Waals surface area (Å²) in [5.74, 6) is -0.686. The van der Waals surface area contributed by atoms with Crippen LogP contribution < -0.4 is 11.1 Å². The third-order valence-corrected chi connectivity index (χ3v) is 2.77. The van der Waals surface area contributed by atoms with Crippen LogP contribution in [0.25, 0.3) is 0 Å². The van der Waals surface area contributed by atoms with Crippen LogP contribution in [0.1, 0.15) is 10.4 Å². The van der Waals surface area contributed by atoms with E-state index in [-0.39, 0.29) is 11.4 Å². The number of hydrogen-bond donors (Lipinski definition) is 3. The molecule has 4 N–H and O–H groups in total. The molecular formula is C10H8BrFN4O. The zero-order valence-electron chi connectivity index (χ0n) is 8.50. The number of rotatable bonds is 2. The molecule has 0 atom stereocenters. The van der Waals surface area contributed by atoms with Crippen molar-refractivity contribution in [2.75, 3.05) is 11.1 Å². The molecule has 0 fully saturated rings. The van der Waals surface area contributed by atoms with Gasteiger partial charge in [-0.25, -0.2) is 4.39 Å². The number of aromatic amines is 1. The standard InChI is InChI=1S/C10H8BrFN4O/c11-7-2-1-5(12)3-6(7)10(17)15-9-8(13)4-14-16-9/h1-4H,13H2,(H2,14,15,16,17). The Morgan fingerprint density at radius 3 is 2.94 bits per heavy atom. The number of H-pyrrole nitrogens is 1. The number of aromatic nitrogens is 2. The first-order valence-electron chi connectivity index (χ1n) is 4.63. The highest BCUT2D eigenvalue weighted by Crippen LogP contribution is 2.20. The van der Waals surface area contributed by atoms with E-state index in [0.29, 0.717) is 10.2 Å². The molecule has 0 unspecified atom stereocenters. The number of carbonyl (C=O) groups is 1. The first kappa shape index (κ1) is 11.6. The van der Waals surface area contributed by atoms with Crippen LogP contribution in [0.3, 0.4) is 0 Å². The smallest absolute Gasteiger partial charge is 0.258 e. The Morgan fingerprint density at radius 1 is 1.53 bits per heavy atom. The first-order valence-corrected chi connectivity index (χ1v) is 5.42. The average molecular weight is 299 g/mol. The zero-order chi connectivity index (χ0) is 12.4. The SMILES string of the molecule is Nc1cn[nH]c1NC(=O)c1cc(F)ccc1Br. The number of nitrogens with two attached hydrogens (primary N) is 1. The Bertz CT molecular complexity index is 569. The van der Waals surface area contributed by atoms with Crippen LogP contribution in [0.2, 0.25) is 0 Å². The van der Waals surface area contributed by atoms with E-state index in [1.54, 1.807) is 0 Å². The molecule has 17 heavy (non-hydrogen) atoms. The number of halogens is 2. The molecule has 2 aromatic rings. The molecule has 1 amide bonds. The number of anilines is 2. The summed E-state index contributed by atoms with van der Waals surface area (Å²) in [4.78, 5) is 11.8. The Kier molecular flexibility index (Phi) is 3.10. The molecule has 2 rings (SSSR count). The van der Waals surface area contributed by atoms with E-state index in [1.165, 1.54) is 18.3 Å². The minimum Gasteiger partial charge on any atom is -0.394 e. The summed E-state index contributed by atoms with van der Waals surface area (Å²) in [6.45, 7) is 0. The minimum absolute atomic E-state index is 0.180. The fourth-order valence-corrected chi connectivity index (χ4v) is 1.67. The molecule has 1 aromatic carbocycles. The highest BCUT2D eigenvalue weighted by molar-refractivity contribution is 9.10. The number of nitrogens with zero attached hydrogens (tertiary/aromatic N) is 1. The Hall–Kier alpha value is -1.89. The molecule has 0 aliphatic carbocycles. The second kappa shape index (κ2) is 4.54. The van der Waals surface area contributed by atoms with Gasteiger partial charge in [-0.3, -0.25) is 9.89 Å². The predicted molar refractivity (Wildman–Crippen MR) is 65.1 cm³/mol. The van der Waals surface area contributed by atoms with Crippen molar-refractivity contribution in [1.29, 1.82) is 0 Å². The molecule has 0 spiro atoms. The molecule has 0 saturated heterocycles. The Labute approximate surface area is 104 Å². The van der Waals surface area contributed by atoms with Gasteiger partial charge in [-0.05, 0) is 34.1 Å². The van der Waals surface area contributed by atoms with Crippen molar-refractivity contribution in [3.05, 3.63) is 40.2 Å². The third kappa shape index (κ3) is 2.44. The van der Waals surface area contributed by atoms with Gasteiger partial charge in [-0.1, -0.05) is 0 Å². The monoisotopic (exact) mass is 298 g/mol. The number of hydrogen-bond acceptors (Lipinski definition) is 3. The highest BCUT2D eigenvalue weighted by atomic mass is 79.9. The maximum Gasteiger partial charge on any atom is 0.258 e. The summed E-state index contributed by atoms with van der Waals surface area (Å²) < 4.78 is 13.5. The number of benzene rings is 1. The molecule has 88 valence electrons. The normalized spacial score (nSPS) is 10.2. The highest BCUT2D eigenvalue weighted by Gasteiger charge is 2.13. The molecule has 0 bridgehead atoms. The fourth-order valence-electron chi connectivity index (χ4n) is 1.25. The lowest BCUT2D eigenvalue weighted by molar-refractivity contribution is 0.102. The van der Waals surface area contributed by atoms with E-state index in [2.05, 4.69) is 31.4 Å². The van der Waals surface area contributed by atoms with Crippen LogP contribution in [-0.2, 0) is 0 Å².